The molecule has 0 radical (unpaired) electrons. The summed E-state index contributed by atoms with van der Waals surface area (Å²) in [5, 5.41) is 3.71. The Balaban J connectivity index is 1.54. The van der Waals surface area contributed by atoms with E-state index >= 15 is 0 Å². The Kier molecular flexibility index (Phi) is 5.89. The standard InChI is InChI=1S/C26H31FN2O2/c1-17-21-15-20(27)11-12-23(21)31-24(17)25(30)28-16-22(29-13-5-6-14-29)18-7-9-19(10-8-18)26(2,3)4/h7-12,15,22H,5-6,13-14,16H2,1-4H3,(H,28,30). The first-order chi connectivity index (χ1) is 14.7. The predicted molar refractivity (Wildman–Crippen MR) is 122 cm³/mol. The van der Waals surface area contributed by atoms with E-state index < -0.39 is 0 Å². The number of fused-ring (bicyclic) bond motifs is 1. The molecule has 1 aromatic heterocycles. The van der Waals surface area contributed by atoms with E-state index in [9.17, 15) is 9.18 Å². The van der Waals surface area contributed by atoms with Crippen molar-refractivity contribution >= 4 is 16.9 Å². The Labute approximate surface area is 183 Å². The van der Waals surface area contributed by atoms with Crippen molar-refractivity contribution in [3.63, 3.8) is 0 Å². The summed E-state index contributed by atoms with van der Waals surface area (Å²) in [6.45, 7) is 11.0. The molecule has 5 heteroatoms. The number of furan rings is 1. The molecular formula is C26H31FN2O2. The average Bonchev–Trinajstić information content (AvgIpc) is 3.37. The average molecular weight is 423 g/mol. The van der Waals surface area contributed by atoms with Crippen LogP contribution in [0.2, 0.25) is 0 Å². The molecule has 4 rings (SSSR count). The smallest absolute Gasteiger partial charge is 0.287 e. The molecule has 1 fully saturated rings. The van der Waals surface area contributed by atoms with E-state index in [1.165, 1.54) is 36.1 Å². The van der Waals surface area contributed by atoms with Gasteiger partial charge in [0.25, 0.3) is 5.91 Å². The molecule has 164 valence electrons. The molecule has 1 aliphatic rings. The lowest BCUT2D eigenvalue weighted by atomic mass is 9.86. The van der Waals surface area contributed by atoms with Crippen LogP contribution in [0.5, 0.6) is 0 Å². The molecule has 0 spiro atoms. The third-order valence-electron chi connectivity index (χ3n) is 6.30. The normalized spacial score (nSPS) is 16.0. The van der Waals surface area contributed by atoms with Gasteiger partial charge in [0.05, 0.1) is 6.04 Å². The van der Waals surface area contributed by atoms with Crippen molar-refractivity contribution in [3.8, 4) is 0 Å². The number of nitrogens with one attached hydrogen (secondary N) is 1. The minimum atomic E-state index is -0.337. The Morgan fingerprint density at radius 2 is 1.81 bits per heavy atom. The first kappa shape index (κ1) is 21.6. The molecule has 0 saturated carbocycles. The van der Waals surface area contributed by atoms with E-state index in [2.05, 4.69) is 55.3 Å². The van der Waals surface area contributed by atoms with Crippen LogP contribution in [0.15, 0.2) is 46.9 Å². The van der Waals surface area contributed by atoms with Crippen molar-refractivity contribution in [2.45, 2.75) is 52.0 Å². The van der Waals surface area contributed by atoms with Gasteiger partial charge in [0.1, 0.15) is 11.4 Å². The molecule has 4 nitrogen and oxygen atoms in total. The van der Waals surface area contributed by atoms with Crippen molar-refractivity contribution in [1.29, 1.82) is 0 Å². The van der Waals surface area contributed by atoms with Crippen LogP contribution >= 0.6 is 0 Å². The van der Waals surface area contributed by atoms with Crippen LogP contribution in [0, 0.1) is 12.7 Å². The van der Waals surface area contributed by atoms with Crippen molar-refractivity contribution < 1.29 is 13.6 Å². The van der Waals surface area contributed by atoms with Crippen LogP contribution in [0.4, 0.5) is 4.39 Å². The van der Waals surface area contributed by atoms with Crippen LogP contribution in [-0.2, 0) is 5.41 Å². The summed E-state index contributed by atoms with van der Waals surface area (Å²) in [5.74, 6) is -0.343. The number of hydrogen-bond donors (Lipinski definition) is 1. The number of carbonyl (C=O) groups excluding carboxylic acids is 1. The van der Waals surface area contributed by atoms with Gasteiger partial charge in [0, 0.05) is 17.5 Å². The first-order valence-electron chi connectivity index (χ1n) is 11.1. The van der Waals surface area contributed by atoms with Crippen LogP contribution in [-0.4, -0.2) is 30.4 Å². The highest BCUT2D eigenvalue weighted by atomic mass is 19.1. The van der Waals surface area contributed by atoms with Gasteiger partial charge in [0.2, 0.25) is 0 Å². The molecular weight excluding hydrogens is 391 g/mol. The summed E-state index contributed by atoms with van der Waals surface area (Å²) < 4.78 is 19.3. The highest BCUT2D eigenvalue weighted by Gasteiger charge is 2.26. The number of halogens is 1. The summed E-state index contributed by atoms with van der Waals surface area (Å²) in [4.78, 5) is 15.4. The number of amides is 1. The lowest BCUT2D eigenvalue weighted by Crippen LogP contribution is -2.37. The summed E-state index contributed by atoms with van der Waals surface area (Å²) in [5.41, 5.74) is 3.80. The van der Waals surface area contributed by atoms with Gasteiger partial charge in [0.15, 0.2) is 5.76 Å². The van der Waals surface area contributed by atoms with E-state index in [1.807, 2.05) is 0 Å². The zero-order chi connectivity index (χ0) is 22.2. The number of nitrogens with zero attached hydrogens (tertiary/aromatic N) is 1. The largest absolute Gasteiger partial charge is 0.451 e. The molecule has 1 amide bonds. The third-order valence-corrected chi connectivity index (χ3v) is 6.30. The second-order valence-electron chi connectivity index (χ2n) is 9.54. The second-order valence-corrected chi connectivity index (χ2v) is 9.54. The van der Waals surface area contributed by atoms with Gasteiger partial charge in [-0.1, -0.05) is 45.0 Å². The fourth-order valence-electron chi connectivity index (χ4n) is 4.40. The SMILES string of the molecule is Cc1c(C(=O)NCC(c2ccc(C(C)(C)C)cc2)N2CCCC2)oc2ccc(F)cc12. The Bertz CT molecular complexity index is 1070. The molecule has 0 aliphatic carbocycles. The molecule has 1 aliphatic heterocycles. The molecule has 1 saturated heterocycles. The maximum Gasteiger partial charge on any atom is 0.287 e. The zero-order valence-corrected chi connectivity index (χ0v) is 18.8. The van der Waals surface area contributed by atoms with Crippen LogP contribution < -0.4 is 5.32 Å². The highest BCUT2D eigenvalue weighted by Crippen LogP contribution is 2.29. The summed E-state index contributed by atoms with van der Waals surface area (Å²) in [6, 6.07) is 13.2. The molecule has 1 unspecified atom stereocenters. The van der Waals surface area contributed by atoms with Gasteiger partial charge in [-0.15, -0.1) is 0 Å². The molecule has 1 N–H and O–H groups in total. The van der Waals surface area contributed by atoms with E-state index in [4.69, 9.17) is 4.42 Å². The van der Waals surface area contributed by atoms with Gasteiger partial charge in [-0.2, -0.15) is 0 Å². The van der Waals surface area contributed by atoms with Gasteiger partial charge < -0.3 is 9.73 Å². The quantitative estimate of drug-likeness (QED) is 0.570. The Morgan fingerprint density at radius 3 is 2.45 bits per heavy atom. The van der Waals surface area contributed by atoms with Crippen molar-refractivity contribution in [2.24, 2.45) is 0 Å². The molecule has 2 aromatic carbocycles. The number of benzene rings is 2. The maximum atomic E-state index is 13.6. The molecule has 2 heterocycles. The van der Waals surface area contributed by atoms with Crippen molar-refractivity contribution in [2.75, 3.05) is 19.6 Å². The molecule has 0 bridgehead atoms. The fourth-order valence-corrected chi connectivity index (χ4v) is 4.40. The Morgan fingerprint density at radius 1 is 1.13 bits per heavy atom. The van der Waals surface area contributed by atoms with Gasteiger partial charge in [-0.3, -0.25) is 9.69 Å². The van der Waals surface area contributed by atoms with Crippen molar-refractivity contribution in [3.05, 3.63) is 70.7 Å². The van der Waals surface area contributed by atoms with Crippen molar-refractivity contribution in [1.82, 2.24) is 10.2 Å². The van der Waals surface area contributed by atoms with E-state index in [-0.39, 0.29) is 28.9 Å². The number of aryl methyl sites for hydroxylation is 1. The first-order valence-corrected chi connectivity index (χ1v) is 11.1. The highest BCUT2D eigenvalue weighted by molar-refractivity contribution is 5.98. The lowest BCUT2D eigenvalue weighted by molar-refractivity contribution is 0.0911. The number of rotatable bonds is 5. The Hall–Kier alpha value is -2.66. The van der Waals surface area contributed by atoms with E-state index in [0.29, 0.717) is 23.1 Å². The summed E-state index contributed by atoms with van der Waals surface area (Å²) in [7, 11) is 0. The predicted octanol–water partition coefficient (Wildman–Crippen LogP) is 5.74. The topological polar surface area (TPSA) is 45.5 Å². The molecule has 31 heavy (non-hydrogen) atoms. The molecule has 3 aromatic rings. The number of likely N-dealkylation sites (tertiary alicyclic amines) is 1. The van der Waals surface area contributed by atoms with Crippen LogP contribution in [0.3, 0.4) is 0 Å². The van der Waals surface area contributed by atoms with Gasteiger partial charge in [-0.05, 0) is 67.6 Å². The van der Waals surface area contributed by atoms with Gasteiger partial charge >= 0.3 is 0 Å². The lowest BCUT2D eigenvalue weighted by Gasteiger charge is -2.29. The zero-order valence-electron chi connectivity index (χ0n) is 18.8. The number of hydrogen-bond acceptors (Lipinski definition) is 3. The minimum absolute atomic E-state index is 0.105. The second kappa shape index (κ2) is 8.46. The minimum Gasteiger partial charge on any atom is -0.451 e. The van der Waals surface area contributed by atoms with E-state index in [0.717, 1.165) is 13.1 Å². The molecule has 1 atom stereocenters. The van der Waals surface area contributed by atoms with Crippen LogP contribution in [0.1, 0.15) is 66.9 Å². The monoisotopic (exact) mass is 422 g/mol. The fraction of sp³-hybridized carbons (Fsp3) is 0.423. The third kappa shape index (κ3) is 4.52. The van der Waals surface area contributed by atoms with E-state index in [1.54, 1.807) is 13.0 Å². The number of carbonyl (C=O) groups is 1. The maximum absolute atomic E-state index is 13.6. The summed E-state index contributed by atoms with van der Waals surface area (Å²) in [6.07, 6.45) is 2.36. The summed E-state index contributed by atoms with van der Waals surface area (Å²) >= 11 is 0. The van der Waals surface area contributed by atoms with Crippen LogP contribution in [0.25, 0.3) is 11.0 Å². The van der Waals surface area contributed by atoms with Gasteiger partial charge in [-0.25, -0.2) is 4.39 Å².